The Morgan fingerprint density at radius 1 is 1.33 bits per heavy atom. The summed E-state index contributed by atoms with van der Waals surface area (Å²) in [7, 11) is 0. The molecule has 0 aliphatic rings. The molecule has 0 aromatic carbocycles. The number of nitrogens with two attached hydrogens (primary N) is 1. The lowest BCUT2D eigenvalue weighted by Gasteiger charge is -2.02. The van der Waals surface area contributed by atoms with Crippen LogP contribution in [0.2, 0.25) is 0 Å². The summed E-state index contributed by atoms with van der Waals surface area (Å²) >= 11 is 0. The highest BCUT2D eigenvalue weighted by Gasteiger charge is 2.04. The molecule has 0 aliphatic carbocycles. The lowest BCUT2D eigenvalue weighted by molar-refractivity contribution is 0.998. The van der Waals surface area contributed by atoms with Crippen molar-refractivity contribution in [3.8, 4) is 11.5 Å². The fraction of sp³-hybridized carbons (Fsp3) is 0.200. The zero-order valence-electron chi connectivity index (χ0n) is 8.38. The monoisotopic (exact) mass is 201 g/mol. The second-order valence-corrected chi connectivity index (χ2v) is 3.06. The van der Waals surface area contributed by atoms with Gasteiger partial charge in [0, 0.05) is 18.0 Å². The van der Waals surface area contributed by atoms with Gasteiger partial charge in [-0.25, -0.2) is 19.9 Å². The predicted octanol–water partition coefficient (Wildman–Crippen LogP) is 1.08. The van der Waals surface area contributed by atoms with Crippen molar-refractivity contribution in [1.29, 1.82) is 0 Å². The quantitative estimate of drug-likeness (QED) is 0.786. The molecule has 2 heterocycles. The molecule has 76 valence electrons. The molecular formula is C10H11N5. The largest absolute Gasteiger partial charge is 0.384 e. The molecule has 0 radical (unpaired) electrons. The molecular weight excluding hydrogens is 190 g/mol. The van der Waals surface area contributed by atoms with Gasteiger partial charge in [-0.15, -0.1) is 0 Å². The minimum Gasteiger partial charge on any atom is -0.384 e. The molecule has 2 aromatic rings. The molecule has 0 atom stereocenters. The van der Waals surface area contributed by atoms with Gasteiger partial charge in [0.1, 0.15) is 17.8 Å². The molecule has 0 amide bonds. The Hall–Kier alpha value is -2.04. The van der Waals surface area contributed by atoms with Crippen molar-refractivity contribution < 1.29 is 0 Å². The van der Waals surface area contributed by atoms with Crippen molar-refractivity contribution in [2.24, 2.45) is 0 Å². The van der Waals surface area contributed by atoms with Crippen LogP contribution in [0, 0.1) is 0 Å². The number of hydrogen-bond donors (Lipinski definition) is 1. The standard InChI is InChI=1S/C10H11N5/c1-2-7-5-9(11)15-10(14-7)8-3-4-12-6-13-8/h3-6H,2H2,1H3,(H2,11,14,15). The number of aryl methyl sites for hydroxylation is 1. The lowest BCUT2D eigenvalue weighted by atomic mass is 10.3. The van der Waals surface area contributed by atoms with E-state index in [2.05, 4.69) is 19.9 Å². The Morgan fingerprint density at radius 2 is 2.20 bits per heavy atom. The van der Waals surface area contributed by atoms with E-state index in [1.54, 1.807) is 18.3 Å². The van der Waals surface area contributed by atoms with Crippen molar-refractivity contribution in [2.75, 3.05) is 5.73 Å². The minimum atomic E-state index is 0.468. The van der Waals surface area contributed by atoms with Crippen LogP contribution in [0.5, 0.6) is 0 Å². The molecule has 0 saturated carbocycles. The SMILES string of the molecule is CCc1cc(N)nc(-c2ccncn2)n1. The molecule has 0 bridgehead atoms. The number of aromatic nitrogens is 4. The highest BCUT2D eigenvalue weighted by molar-refractivity contribution is 5.51. The van der Waals surface area contributed by atoms with Crippen LogP contribution in [0.4, 0.5) is 5.82 Å². The third-order valence-corrected chi connectivity index (χ3v) is 1.97. The number of rotatable bonds is 2. The summed E-state index contributed by atoms with van der Waals surface area (Å²) in [6, 6.07) is 3.53. The van der Waals surface area contributed by atoms with Gasteiger partial charge in [-0.3, -0.25) is 0 Å². The number of nitrogen functional groups attached to an aromatic ring is 1. The first-order chi connectivity index (χ1) is 7.29. The van der Waals surface area contributed by atoms with Gasteiger partial charge in [-0.2, -0.15) is 0 Å². The Bertz CT molecular complexity index is 455. The molecule has 0 unspecified atom stereocenters. The first kappa shape index (κ1) is 9.51. The Labute approximate surface area is 87.4 Å². The zero-order chi connectivity index (χ0) is 10.7. The van der Waals surface area contributed by atoms with Gasteiger partial charge in [0.15, 0.2) is 5.82 Å². The average Bonchev–Trinajstić information content (AvgIpc) is 2.29. The van der Waals surface area contributed by atoms with E-state index in [9.17, 15) is 0 Å². The molecule has 0 fully saturated rings. The van der Waals surface area contributed by atoms with Gasteiger partial charge in [0.05, 0.1) is 0 Å². The smallest absolute Gasteiger partial charge is 0.180 e. The van der Waals surface area contributed by atoms with Crippen LogP contribution in [0.15, 0.2) is 24.7 Å². The Morgan fingerprint density at radius 3 is 2.87 bits per heavy atom. The maximum Gasteiger partial charge on any atom is 0.180 e. The van der Waals surface area contributed by atoms with E-state index in [-0.39, 0.29) is 0 Å². The maximum absolute atomic E-state index is 5.68. The van der Waals surface area contributed by atoms with E-state index in [1.807, 2.05) is 6.92 Å². The van der Waals surface area contributed by atoms with Crippen LogP contribution in [-0.4, -0.2) is 19.9 Å². The third kappa shape index (κ3) is 2.07. The lowest BCUT2D eigenvalue weighted by Crippen LogP contribution is -2.00. The van der Waals surface area contributed by atoms with Crippen LogP contribution in [-0.2, 0) is 6.42 Å². The average molecular weight is 201 g/mol. The van der Waals surface area contributed by atoms with E-state index in [4.69, 9.17) is 5.73 Å². The molecule has 5 nitrogen and oxygen atoms in total. The van der Waals surface area contributed by atoms with Crippen molar-refractivity contribution in [3.05, 3.63) is 30.4 Å². The van der Waals surface area contributed by atoms with Gasteiger partial charge >= 0.3 is 0 Å². The van der Waals surface area contributed by atoms with Crippen molar-refractivity contribution in [1.82, 2.24) is 19.9 Å². The van der Waals surface area contributed by atoms with E-state index in [0.717, 1.165) is 12.1 Å². The van der Waals surface area contributed by atoms with Crippen LogP contribution >= 0.6 is 0 Å². The first-order valence-electron chi connectivity index (χ1n) is 4.69. The topological polar surface area (TPSA) is 77.6 Å². The molecule has 2 N–H and O–H groups in total. The summed E-state index contributed by atoms with van der Waals surface area (Å²) in [6.07, 6.45) is 3.94. The Kier molecular flexibility index (Phi) is 2.53. The van der Waals surface area contributed by atoms with Gasteiger partial charge in [0.25, 0.3) is 0 Å². The molecule has 2 aromatic heterocycles. The molecule has 2 rings (SSSR count). The van der Waals surface area contributed by atoms with Crippen molar-refractivity contribution in [3.63, 3.8) is 0 Å². The van der Waals surface area contributed by atoms with Gasteiger partial charge in [-0.1, -0.05) is 6.92 Å². The highest BCUT2D eigenvalue weighted by Crippen LogP contribution is 2.13. The summed E-state index contributed by atoms with van der Waals surface area (Å²) in [5.41, 5.74) is 7.28. The van der Waals surface area contributed by atoms with Gasteiger partial charge in [0.2, 0.25) is 0 Å². The van der Waals surface area contributed by atoms with E-state index in [0.29, 0.717) is 17.3 Å². The molecule has 0 saturated heterocycles. The van der Waals surface area contributed by atoms with E-state index >= 15 is 0 Å². The Balaban J connectivity index is 2.49. The fourth-order valence-electron chi connectivity index (χ4n) is 1.24. The van der Waals surface area contributed by atoms with Crippen molar-refractivity contribution >= 4 is 5.82 Å². The maximum atomic E-state index is 5.68. The highest BCUT2D eigenvalue weighted by atomic mass is 15.0. The normalized spacial score (nSPS) is 10.2. The number of nitrogens with zero attached hydrogens (tertiary/aromatic N) is 4. The van der Waals surface area contributed by atoms with Gasteiger partial charge < -0.3 is 5.73 Å². The number of hydrogen-bond acceptors (Lipinski definition) is 5. The second kappa shape index (κ2) is 4.00. The van der Waals surface area contributed by atoms with Crippen LogP contribution in [0.1, 0.15) is 12.6 Å². The summed E-state index contributed by atoms with van der Waals surface area (Å²) in [5.74, 6) is 1.02. The molecule has 0 aliphatic heterocycles. The summed E-state index contributed by atoms with van der Waals surface area (Å²) < 4.78 is 0. The molecule has 0 spiro atoms. The van der Waals surface area contributed by atoms with E-state index < -0.39 is 0 Å². The fourth-order valence-corrected chi connectivity index (χ4v) is 1.24. The van der Waals surface area contributed by atoms with Crippen LogP contribution < -0.4 is 5.73 Å². The van der Waals surface area contributed by atoms with Gasteiger partial charge in [-0.05, 0) is 12.5 Å². The van der Waals surface area contributed by atoms with Crippen LogP contribution in [0.25, 0.3) is 11.5 Å². The molecule has 15 heavy (non-hydrogen) atoms. The molecule has 5 heteroatoms. The predicted molar refractivity (Wildman–Crippen MR) is 56.8 cm³/mol. The summed E-state index contributed by atoms with van der Waals surface area (Å²) in [5, 5.41) is 0. The van der Waals surface area contributed by atoms with Crippen LogP contribution in [0.3, 0.4) is 0 Å². The summed E-state index contributed by atoms with van der Waals surface area (Å²) in [4.78, 5) is 16.4. The first-order valence-corrected chi connectivity index (χ1v) is 4.69. The summed E-state index contributed by atoms with van der Waals surface area (Å²) in [6.45, 7) is 2.02. The van der Waals surface area contributed by atoms with E-state index in [1.165, 1.54) is 6.33 Å². The minimum absolute atomic E-state index is 0.468. The van der Waals surface area contributed by atoms with Crippen molar-refractivity contribution in [2.45, 2.75) is 13.3 Å². The second-order valence-electron chi connectivity index (χ2n) is 3.06. The zero-order valence-corrected chi connectivity index (χ0v) is 8.38. The number of anilines is 1. The third-order valence-electron chi connectivity index (χ3n) is 1.97.